The predicted molar refractivity (Wildman–Crippen MR) is 104 cm³/mol. The van der Waals surface area contributed by atoms with Crippen LogP contribution >= 0.6 is 11.8 Å². The van der Waals surface area contributed by atoms with E-state index in [1.54, 1.807) is 17.1 Å². The second kappa shape index (κ2) is 7.46. The maximum absolute atomic E-state index is 13.2. The molecule has 0 N–H and O–H groups in total. The highest BCUT2D eigenvalue weighted by atomic mass is 32.2. The third-order valence-electron chi connectivity index (χ3n) is 4.71. The van der Waals surface area contributed by atoms with Gasteiger partial charge in [-0.05, 0) is 13.2 Å². The lowest BCUT2D eigenvalue weighted by Crippen LogP contribution is -2.47. The molecule has 8 nitrogen and oxygen atoms in total. The van der Waals surface area contributed by atoms with Gasteiger partial charge in [-0.1, -0.05) is 11.8 Å². The van der Waals surface area contributed by atoms with E-state index in [0.29, 0.717) is 43.0 Å². The molecular weight excluding hydrogens is 386 g/mol. The number of aromatic nitrogens is 6. The van der Waals surface area contributed by atoms with Gasteiger partial charge in [-0.3, -0.25) is 4.68 Å². The minimum absolute atomic E-state index is 0.236. The summed E-state index contributed by atoms with van der Waals surface area (Å²) in [6, 6.07) is 1.38. The Labute approximate surface area is 165 Å². The van der Waals surface area contributed by atoms with Crippen LogP contribution in [0.15, 0.2) is 17.4 Å². The second-order valence-electron chi connectivity index (χ2n) is 6.51. The molecule has 0 spiro atoms. The largest absolute Gasteiger partial charge is 0.353 e. The second-order valence-corrected chi connectivity index (χ2v) is 7.29. The summed E-state index contributed by atoms with van der Waals surface area (Å²) in [6.45, 7) is 4.56. The SMILES string of the molecule is CSc1nc(C(F)F)cc(N2CCN(c3nc(C)nc4c3cnn4C)CC2)n1. The van der Waals surface area contributed by atoms with E-state index in [9.17, 15) is 8.78 Å². The smallest absolute Gasteiger partial charge is 0.280 e. The highest BCUT2D eigenvalue weighted by Gasteiger charge is 2.24. The molecule has 3 aromatic rings. The average Bonchev–Trinajstić information content (AvgIpc) is 3.07. The summed E-state index contributed by atoms with van der Waals surface area (Å²) in [5.41, 5.74) is 0.562. The fourth-order valence-electron chi connectivity index (χ4n) is 3.30. The molecule has 0 bridgehead atoms. The molecule has 0 aromatic carbocycles. The van der Waals surface area contributed by atoms with Crippen LogP contribution in [-0.4, -0.2) is 62.2 Å². The molecule has 1 saturated heterocycles. The van der Waals surface area contributed by atoms with Crippen LogP contribution in [-0.2, 0) is 7.05 Å². The van der Waals surface area contributed by atoms with Gasteiger partial charge < -0.3 is 9.80 Å². The van der Waals surface area contributed by atoms with Gasteiger partial charge in [-0.25, -0.2) is 28.7 Å². The molecule has 28 heavy (non-hydrogen) atoms. The van der Waals surface area contributed by atoms with Crippen molar-refractivity contribution >= 4 is 34.4 Å². The maximum atomic E-state index is 13.2. The fraction of sp³-hybridized carbons (Fsp3) is 0.471. The van der Waals surface area contributed by atoms with E-state index in [0.717, 1.165) is 16.9 Å². The standard InChI is InChI=1S/C17H20F2N8S/c1-10-21-15-11(9-20-25(15)2)16(22-10)27-6-4-26(5-7-27)13-8-12(14(18)19)23-17(24-13)28-3/h8-9,14H,4-7H2,1-3H3. The lowest BCUT2D eigenvalue weighted by Gasteiger charge is -2.36. The highest BCUT2D eigenvalue weighted by Crippen LogP contribution is 2.27. The van der Waals surface area contributed by atoms with Gasteiger partial charge in [0.05, 0.1) is 11.6 Å². The minimum atomic E-state index is -2.61. The van der Waals surface area contributed by atoms with Crippen molar-refractivity contribution in [1.82, 2.24) is 29.7 Å². The summed E-state index contributed by atoms with van der Waals surface area (Å²) in [6.07, 6.45) is 0.945. The number of anilines is 2. The van der Waals surface area contributed by atoms with Gasteiger partial charge in [0.2, 0.25) is 0 Å². The Morgan fingerprint density at radius 3 is 2.43 bits per heavy atom. The van der Waals surface area contributed by atoms with Gasteiger partial charge in [-0.15, -0.1) is 0 Å². The number of alkyl halides is 2. The number of aryl methyl sites for hydroxylation is 2. The summed E-state index contributed by atoms with van der Waals surface area (Å²) < 4.78 is 28.0. The molecule has 1 fully saturated rings. The number of piperazine rings is 1. The Bertz CT molecular complexity index is 1000. The van der Waals surface area contributed by atoms with E-state index < -0.39 is 6.43 Å². The number of hydrogen-bond acceptors (Lipinski definition) is 8. The summed E-state index contributed by atoms with van der Waals surface area (Å²) >= 11 is 1.26. The topological polar surface area (TPSA) is 75.9 Å². The van der Waals surface area contributed by atoms with E-state index in [4.69, 9.17) is 0 Å². The van der Waals surface area contributed by atoms with Gasteiger partial charge in [0.1, 0.15) is 23.2 Å². The normalized spacial score (nSPS) is 15.1. The summed E-state index contributed by atoms with van der Waals surface area (Å²) in [7, 11) is 1.86. The highest BCUT2D eigenvalue weighted by molar-refractivity contribution is 7.98. The molecule has 0 radical (unpaired) electrons. The maximum Gasteiger partial charge on any atom is 0.280 e. The number of rotatable bonds is 4. The molecule has 0 unspecified atom stereocenters. The van der Waals surface area contributed by atoms with Crippen LogP contribution in [0.5, 0.6) is 0 Å². The van der Waals surface area contributed by atoms with Crippen LogP contribution in [0.3, 0.4) is 0 Å². The van der Waals surface area contributed by atoms with Crippen LogP contribution in [0.2, 0.25) is 0 Å². The lowest BCUT2D eigenvalue weighted by atomic mass is 10.2. The van der Waals surface area contributed by atoms with Crippen molar-refractivity contribution in [2.45, 2.75) is 18.5 Å². The van der Waals surface area contributed by atoms with Crippen molar-refractivity contribution in [1.29, 1.82) is 0 Å². The third-order valence-corrected chi connectivity index (χ3v) is 5.25. The van der Waals surface area contributed by atoms with E-state index in [1.165, 1.54) is 17.8 Å². The van der Waals surface area contributed by atoms with E-state index in [2.05, 4.69) is 29.9 Å². The molecule has 0 atom stereocenters. The summed E-state index contributed by atoms with van der Waals surface area (Å²) in [5.74, 6) is 2.09. The molecule has 11 heteroatoms. The molecular formula is C17H20F2N8S. The monoisotopic (exact) mass is 406 g/mol. The average molecular weight is 406 g/mol. The van der Waals surface area contributed by atoms with Crippen molar-refractivity contribution in [3.8, 4) is 0 Å². The number of halogens is 2. The zero-order valence-corrected chi connectivity index (χ0v) is 16.6. The predicted octanol–water partition coefficient (Wildman–Crippen LogP) is 2.45. The quantitative estimate of drug-likeness (QED) is 0.483. The first-order chi connectivity index (χ1) is 13.5. The summed E-state index contributed by atoms with van der Waals surface area (Å²) in [4.78, 5) is 21.6. The van der Waals surface area contributed by atoms with Crippen LogP contribution < -0.4 is 9.80 Å². The summed E-state index contributed by atoms with van der Waals surface area (Å²) in [5, 5.41) is 5.56. The third kappa shape index (κ3) is 3.46. The van der Waals surface area contributed by atoms with Crippen molar-refractivity contribution in [2.24, 2.45) is 7.05 Å². The molecule has 1 aliphatic rings. The zero-order chi connectivity index (χ0) is 19.8. The number of thioether (sulfide) groups is 1. The molecule has 1 aliphatic heterocycles. The first kappa shape index (κ1) is 18.8. The Hall–Kier alpha value is -2.56. The minimum Gasteiger partial charge on any atom is -0.353 e. The Kier molecular flexibility index (Phi) is 5.00. The Morgan fingerprint density at radius 2 is 1.75 bits per heavy atom. The van der Waals surface area contributed by atoms with Crippen LogP contribution in [0.25, 0.3) is 11.0 Å². The zero-order valence-electron chi connectivity index (χ0n) is 15.8. The number of fused-ring (bicyclic) bond motifs is 1. The molecule has 0 aliphatic carbocycles. The van der Waals surface area contributed by atoms with Crippen LogP contribution in [0, 0.1) is 6.92 Å². The van der Waals surface area contributed by atoms with E-state index >= 15 is 0 Å². The fourth-order valence-corrected chi connectivity index (χ4v) is 3.68. The van der Waals surface area contributed by atoms with Gasteiger partial charge >= 0.3 is 0 Å². The van der Waals surface area contributed by atoms with Crippen molar-refractivity contribution in [3.05, 3.63) is 23.8 Å². The van der Waals surface area contributed by atoms with Gasteiger partial charge in [0.25, 0.3) is 6.43 Å². The lowest BCUT2D eigenvalue weighted by molar-refractivity contribution is 0.145. The molecule has 148 valence electrons. The van der Waals surface area contributed by atoms with Gasteiger partial charge in [0, 0.05) is 39.3 Å². The number of nitrogens with zero attached hydrogens (tertiary/aromatic N) is 8. The molecule has 3 aromatic heterocycles. The Balaban J connectivity index is 1.57. The van der Waals surface area contributed by atoms with Crippen molar-refractivity contribution < 1.29 is 8.78 Å². The number of hydrogen-bond donors (Lipinski definition) is 0. The van der Waals surface area contributed by atoms with E-state index in [1.807, 2.05) is 18.9 Å². The molecule has 4 rings (SSSR count). The first-order valence-corrected chi connectivity index (χ1v) is 10.1. The molecule has 4 heterocycles. The Morgan fingerprint density at radius 1 is 1.04 bits per heavy atom. The van der Waals surface area contributed by atoms with E-state index in [-0.39, 0.29) is 5.69 Å². The van der Waals surface area contributed by atoms with Gasteiger partial charge in [0.15, 0.2) is 10.8 Å². The van der Waals surface area contributed by atoms with Crippen LogP contribution in [0.1, 0.15) is 17.9 Å². The van der Waals surface area contributed by atoms with Crippen molar-refractivity contribution in [2.75, 3.05) is 42.2 Å². The first-order valence-electron chi connectivity index (χ1n) is 8.83. The molecule has 0 amide bonds. The van der Waals surface area contributed by atoms with Crippen molar-refractivity contribution in [3.63, 3.8) is 0 Å². The van der Waals surface area contributed by atoms with Crippen LogP contribution in [0.4, 0.5) is 20.4 Å². The molecule has 0 saturated carbocycles. The van der Waals surface area contributed by atoms with Gasteiger partial charge in [-0.2, -0.15) is 5.10 Å².